The number of fused-ring (bicyclic) bond motifs is 1. The van der Waals surface area contributed by atoms with Crippen LogP contribution < -0.4 is 5.32 Å². The highest BCUT2D eigenvalue weighted by Crippen LogP contribution is 2.22. The van der Waals surface area contributed by atoms with E-state index in [4.69, 9.17) is 4.98 Å². The summed E-state index contributed by atoms with van der Waals surface area (Å²) in [6.45, 7) is 7.13. The van der Waals surface area contributed by atoms with E-state index in [-0.39, 0.29) is 11.8 Å². The predicted octanol–water partition coefficient (Wildman–Crippen LogP) is 2.40. The van der Waals surface area contributed by atoms with Crippen molar-refractivity contribution in [3.8, 4) is 5.69 Å². The Morgan fingerprint density at radius 1 is 1.00 bits per heavy atom. The summed E-state index contributed by atoms with van der Waals surface area (Å²) in [7, 11) is 0. The number of aromatic nitrogens is 2. The van der Waals surface area contributed by atoms with E-state index in [1.807, 2.05) is 41.3 Å². The number of rotatable bonds is 8. The first-order chi connectivity index (χ1) is 15.7. The van der Waals surface area contributed by atoms with Crippen LogP contribution in [0.5, 0.6) is 0 Å². The summed E-state index contributed by atoms with van der Waals surface area (Å²) in [4.78, 5) is 33.5. The van der Waals surface area contributed by atoms with Crippen molar-refractivity contribution >= 4 is 22.8 Å². The fourth-order valence-corrected chi connectivity index (χ4v) is 4.09. The molecule has 4 rings (SSSR count). The lowest BCUT2D eigenvalue weighted by Crippen LogP contribution is -2.51. The molecule has 1 aromatic heterocycles. The van der Waals surface area contributed by atoms with Gasteiger partial charge in [-0.2, -0.15) is 0 Å². The Morgan fingerprint density at radius 2 is 1.72 bits per heavy atom. The first-order valence-electron chi connectivity index (χ1n) is 11.0. The van der Waals surface area contributed by atoms with E-state index in [1.54, 1.807) is 6.08 Å². The number of benzene rings is 2. The van der Waals surface area contributed by atoms with Gasteiger partial charge in [-0.25, -0.2) is 4.98 Å². The molecule has 3 aromatic rings. The molecule has 2 aromatic carbocycles. The van der Waals surface area contributed by atoms with Gasteiger partial charge in [0, 0.05) is 51.3 Å². The van der Waals surface area contributed by atoms with Crippen molar-refractivity contribution in [2.24, 2.45) is 0 Å². The predicted molar refractivity (Wildman–Crippen MR) is 126 cm³/mol. The van der Waals surface area contributed by atoms with E-state index in [1.165, 1.54) is 0 Å². The second kappa shape index (κ2) is 10.2. The smallest absolute Gasteiger partial charge is 0.234 e. The molecule has 0 radical (unpaired) electrons. The number of hydrogen-bond acceptors (Lipinski definition) is 4. The summed E-state index contributed by atoms with van der Waals surface area (Å²) in [5, 5.41) is 2.79. The number of hydrogen-bond donors (Lipinski definition) is 1. The van der Waals surface area contributed by atoms with Gasteiger partial charge >= 0.3 is 0 Å². The summed E-state index contributed by atoms with van der Waals surface area (Å²) in [5.41, 5.74) is 3.03. The van der Waals surface area contributed by atoms with Crippen molar-refractivity contribution in [1.29, 1.82) is 0 Å². The van der Waals surface area contributed by atoms with Crippen molar-refractivity contribution in [3.05, 3.63) is 73.1 Å². The van der Waals surface area contributed by atoms with Gasteiger partial charge < -0.3 is 10.2 Å². The molecule has 1 aliphatic heterocycles. The standard InChI is InChI=1S/C25H29N5O2/c1-2-14-26-24(31)19-28-15-17-29(18-16-28)25(32)13-12-23-27-21-10-6-7-11-22(21)30(23)20-8-4-3-5-9-20/h2-11H,1,12-19H2,(H,26,31). The van der Waals surface area contributed by atoms with Crippen molar-refractivity contribution in [2.75, 3.05) is 39.3 Å². The van der Waals surface area contributed by atoms with Gasteiger partial charge in [0.2, 0.25) is 11.8 Å². The van der Waals surface area contributed by atoms with E-state index in [0.717, 1.165) is 22.5 Å². The summed E-state index contributed by atoms with van der Waals surface area (Å²) in [6.07, 6.45) is 2.66. The number of imidazole rings is 1. The van der Waals surface area contributed by atoms with Crippen LogP contribution in [-0.2, 0) is 16.0 Å². The number of carbonyl (C=O) groups is 2. The Bertz CT molecular complexity index is 1080. The molecule has 1 aliphatic rings. The van der Waals surface area contributed by atoms with E-state index >= 15 is 0 Å². The van der Waals surface area contributed by atoms with E-state index in [9.17, 15) is 9.59 Å². The first kappa shape index (κ1) is 21.8. The number of piperazine rings is 1. The minimum absolute atomic E-state index is 0.00973. The molecule has 32 heavy (non-hydrogen) atoms. The van der Waals surface area contributed by atoms with Crippen LogP contribution in [0.4, 0.5) is 0 Å². The number of para-hydroxylation sites is 3. The SMILES string of the molecule is C=CCNC(=O)CN1CCN(C(=O)CCc2nc3ccccc3n2-c2ccccc2)CC1. The monoisotopic (exact) mass is 431 g/mol. The highest BCUT2D eigenvalue weighted by atomic mass is 16.2. The lowest BCUT2D eigenvalue weighted by Gasteiger charge is -2.34. The summed E-state index contributed by atoms with van der Waals surface area (Å²) in [6, 6.07) is 18.2. The Morgan fingerprint density at radius 3 is 2.47 bits per heavy atom. The third-order valence-corrected chi connectivity index (χ3v) is 5.74. The molecule has 0 bridgehead atoms. The molecule has 1 saturated heterocycles. The lowest BCUT2D eigenvalue weighted by molar-refractivity contribution is -0.133. The molecule has 2 amide bonds. The number of nitrogens with one attached hydrogen (secondary N) is 1. The molecule has 0 spiro atoms. The van der Waals surface area contributed by atoms with Crippen LogP contribution >= 0.6 is 0 Å². The van der Waals surface area contributed by atoms with Crippen LogP contribution in [0.25, 0.3) is 16.7 Å². The average molecular weight is 432 g/mol. The van der Waals surface area contributed by atoms with Gasteiger partial charge in [0.25, 0.3) is 0 Å². The van der Waals surface area contributed by atoms with Gasteiger partial charge in [0.15, 0.2) is 0 Å². The summed E-state index contributed by atoms with van der Waals surface area (Å²) >= 11 is 0. The normalized spacial score (nSPS) is 14.4. The second-order valence-electron chi connectivity index (χ2n) is 7.94. The second-order valence-corrected chi connectivity index (χ2v) is 7.94. The van der Waals surface area contributed by atoms with Crippen molar-refractivity contribution in [3.63, 3.8) is 0 Å². The van der Waals surface area contributed by atoms with Gasteiger partial charge in [-0.15, -0.1) is 6.58 Å². The lowest BCUT2D eigenvalue weighted by atomic mass is 10.2. The molecule has 166 valence electrons. The molecular formula is C25H29N5O2. The maximum Gasteiger partial charge on any atom is 0.234 e. The molecule has 0 atom stereocenters. The molecule has 7 heteroatoms. The van der Waals surface area contributed by atoms with Crippen LogP contribution in [0, 0.1) is 0 Å². The van der Waals surface area contributed by atoms with Crippen molar-refractivity contribution in [2.45, 2.75) is 12.8 Å². The van der Waals surface area contributed by atoms with E-state index < -0.39 is 0 Å². The largest absolute Gasteiger partial charge is 0.352 e. The molecule has 1 N–H and O–H groups in total. The molecule has 1 fully saturated rings. The highest BCUT2D eigenvalue weighted by Gasteiger charge is 2.23. The van der Waals surface area contributed by atoms with Gasteiger partial charge in [-0.3, -0.25) is 19.1 Å². The fourth-order valence-electron chi connectivity index (χ4n) is 4.09. The number of amides is 2. The van der Waals surface area contributed by atoms with Gasteiger partial charge in [0.1, 0.15) is 5.82 Å². The number of carbonyl (C=O) groups excluding carboxylic acids is 2. The molecule has 7 nitrogen and oxygen atoms in total. The zero-order valence-corrected chi connectivity index (χ0v) is 18.2. The highest BCUT2D eigenvalue weighted by molar-refractivity contribution is 5.80. The third kappa shape index (κ3) is 5.06. The molecular weight excluding hydrogens is 402 g/mol. The number of nitrogens with zero attached hydrogens (tertiary/aromatic N) is 4. The Balaban J connectivity index is 1.37. The third-order valence-electron chi connectivity index (χ3n) is 5.74. The maximum atomic E-state index is 12.9. The minimum Gasteiger partial charge on any atom is -0.352 e. The molecule has 0 saturated carbocycles. The molecule has 2 heterocycles. The van der Waals surface area contributed by atoms with Crippen LogP contribution in [0.15, 0.2) is 67.3 Å². The fraction of sp³-hybridized carbons (Fsp3) is 0.320. The van der Waals surface area contributed by atoms with Crippen molar-refractivity contribution in [1.82, 2.24) is 24.7 Å². The van der Waals surface area contributed by atoms with E-state index in [2.05, 4.69) is 39.6 Å². The topological polar surface area (TPSA) is 70.5 Å². The van der Waals surface area contributed by atoms with Gasteiger partial charge in [0.05, 0.1) is 17.6 Å². The van der Waals surface area contributed by atoms with E-state index in [0.29, 0.717) is 52.1 Å². The van der Waals surface area contributed by atoms with Crippen LogP contribution in [-0.4, -0.2) is 70.4 Å². The van der Waals surface area contributed by atoms with Crippen LogP contribution in [0.3, 0.4) is 0 Å². The summed E-state index contributed by atoms with van der Waals surface area (Å²) in [5.74, 6) is 1.01. The zero-order chi connectivity index (χ0) is 22.3. The summed E-state index contributed by atoms with van der Waals surface area (Å²) < 4.78 is 2.14. The Kier molecular flexibility index (Phi) is 6.97. The quantitative estimate of drug-likeness (QED) is 0.556. The number of aryl methyl sites for hydroxylation is 1. The minimum atomic E-state index is -0.00973. The van der Waals surface area contributed by atoms with Crippen LogP contribution in [0.2, 0.25) is 0 Å². The Labute approximate surface area is 188 Å². The molecule has 0 unspecified atom stereocenters. The molecule has 0 aliphatic carbocycles. The van der Waals surface area contributed by atoms with Gasteiger partial charge in [-0.1, -0.05) is 36.4 Å². The van der Waals surface area contributed by atoms with Crippen LogP contribution in [0.1, 0.15) is 12.2 Å². The Hall–Kier alpha value is -3.45. The van der Waals surface area contributed by atoms with Gasteiger partial charge in [-0.05, 0) is 24.3 Å². The maximum absolute atomic E-state index is 12.9. The zero-order valence-electron chi connectivity index (χ0n) is 18.2. The first-order valence-corrected chi connectivity index (χ1v) is 11.0. The average Bonchev–Trinajstić information content (AvgIpc) is 3.20. The van der Waals surface area contributed by atoms with Crippen molar-refractivity contribution < 1.29 is 9.59 Å².